The highest BCUT2D eigenvalue weighted by molar-refractivity contribution is 7.71. The molecule has 0 saturated carbocycles. The molecule has 120 valence electrons. The van der Waals surface area contributed by atoms with Crippen LogP contribution in [0.25, 0.3) is 11.3 Å². The number of H-pyrrole nitrogens is 1. The first-order valence-electron chi connectivity index (χ1n) is 7.34. The van der Waals surface area contributed by atoms with E-state index in [2.05, 4.69) is 15.6 Å². The molecule has 0 aliphatic heterocycles. The van der Waals surface area contributed by atoms with Crippen LogP contribution < -0.4 is 5.43 Å². The molecule has 0 aliphatic rings. The van der Waals surface area contributed by atoms with E-state index in [1.165, 1.54) is 0 Å². The Morgan fingerprint density at radius 2 is 2.17 bits per heavy atom. The van der Waals surface area contributed by atoms with Crippen molar-refractivity contribution in [1.29, 1.82) is 0 Å². The van der Waals surface area contributed by atoms with E-state index in [1.807, 2.05) is 44.2 Å². The maximum absolute atomic E-state index is 6.17. The summed E-state index contributed by atoms with van der Waals surface area (Å²) >= 11 is 11.4. The minimum absolute atomic E-state index is 0.514. The molecule has 0 radical (unpaired) electrons. The smallest absolute Gasteiger partial charge is 0.214 e. The van der Waals surface area contributed by atoms with Crippen LogP contribution >= 0.6 is 23.8 Å². The van der Waals surface area contributed by atoms with Crippen LogP contribution in [0.1, 0.15) is 24.1 Å². The summed E-state index contributed by atoms with van der Waals surface area (Å²) in [5, 5.41) is 7.66. The van der Waals surface area contributed by atoms with E-state index in [0.717, 1.165) is 39.9 Å². The molecule has 0 bridgehead atoms. The molecular weight excluding hydrogens is 332 g/mol. The van der Waals surface area contributed by atoms with Gasteiger partial charge in [-0.2, -0.15) is 5.10 Å². The first-order chi connectivity index (χ1) is 11.1. The van der Waals surface area contributed by atoms with Gasteiger partial charge in [0.15, 0.2) is 5.82 Å². The van der Waals surface area contributed by atoms with Gasteiger partial charge in [-0.15, -0.1) is 0 Å². The van der Waals surface area contributed by atoms with E-state index in [4.69, 9.17) is 28.2 Å². The molecule has 0 amide bonds. The molecule has 1 aromatic carbocycles. The average Bonchev–Trinajstić information content (AvgIpc) is 3.14. The summed E-state index contributed by atoms with van der Waals surface area (Å²) in [4.78, 5) is 0. The van der Waals surface area contributed by atoms with Gasteiger partial charge in [-0.1, -0.05) is 30.7 Å². The number of aromatic nitrogens is 3. The Morgan fingerprint density at radius 3 is 2.91 bits per heavy atom. The van der Waals surface area contributed by atoms with Crippen LogP contribution in [0.3, 0.4) is 0 Å². The number of aryl methyl sites for hydroxylation is 2. The van der Waals surface area contributed by atoms with Crippen molar-refractivity contribution in [2.24, 2.45) is 0 Å². The SMILES string of the molecule is CCc1n[nH]c(=S)n1NCc1ccc(-c2ccc(C)c(Cl)c2)o1. The quantitative estimate of drug-likeness (QED) is 0.668. The minimum atomic E-state index is 0.514. The molecule has 0 saturated heterocycles. The normalized spacial score (nSPS) is 10.9. The van der Waals surface area contributed by atoms with Gasteiger partial charge >= 0.3 is 0 Å². The Morgan fingerprint density at radius 1 is 1.35 bits per heavy atom. The zero-order valence-electron chi connectivity index (χ0n) is 12.9. The standard InChI is InChI=1S/C16H17ClN4OS/c1-3-15-19-20-16(23)21(15)18-9-12-6-7-14(22-12)11-5-4-10(2)13(17)8-11/h4-8,18H,3,9H2,1-2H3,(H,20,23). The van der Waals surface area contributed by atoms with E-state index in [0.29, 0.717) is 11.3 Å². The third-order valence-corrected chi connectivity index (χ3v) is 4.27. The number of aromatic amines is 1. The number of hydrogen-bond donors (Lipinski definition) is 2. The lowest BCUT2D eigenvalue weighted by Gasteiger charge is -2.07. The van der Waals surface area contributed by atoms with Gasteiger partial charge in [-0.05, 0) is 42.9 Å². The topological polar surface area (TPSA) is 58.8 Å². The second-order valence-corrected chi connectivity index (χ2v) is 5.99. The van der Waals surface area contributed by atoms with Crippen LogP contribution in [-0.4, -0.2) is 14.9 Å². The molecule has 2 N–H and O–H groups in total. The van der Waals surface area contributed by atoms with E-state index < -0.39 is 0 Å². The number of nitrogens with zero attached hydrogens (tertiary/aromatic N) is 2. The van der Waals surface area contributed by atoms with Gasteiger partial charge in [0.05, 0.1) is 6.54 Å². The predicted octanol–water partition coefficient (Wildman–Crippen LogP) is 4.47. The Kier molecular flexibility index (Phi) is 4.54. The summed E-state index contributed by atoms with van der Waals surface area (Å²) < 4.78 is 8.18. The number of furan rings is 1. The molecule has 0 aliphatic carbocycles. The summed E-state index contributed by atoms with van der Waals surface area (Å²) in [5.74, 6) is 2.45. The highest BCUT2D eigenvalue weighted by Crippen LogP contribution is 2.26. The van der Waals surface area contributed by atoms with Crippen LogP contribution in [0.2, 0.25) is 5.02 Å². The van der Waals surface area contributed by atoms with Gasteiger partial charge in [-0.3, -0.25) is 5.10 Å². The molecule has 0 spiro atoms. The van der Waals surface area contributed by atoms with Crippen molar-refractivity contribution in [3.05, 3.63) is 57.3 Å². The van der Waals surface area contributed by atoms with Gasteiger partial charge < -0.3 is 9.84 Å². The monoisotopic (exact) mass is 348 g/mol. The maximum Gasteiger partial charge on any atom is 0.214 e. The fraction of sp³-hybridized carbons (Fsp3) is 0.250. The van der Waals surface area contributed by atoms with Gasteiger partial charge in [0.25, 0.3) is 0 Å². The van der Waals surface area contributed by atoms with Gasteiger partial charge in [0.1, 0.15) is 11.5 Å². The second kappa shape index (κ2) is 6.60. The van der Waals surface area contributed by atoms with E-state index in [9.17, 15) is 0 Å². The maximum atomic E-state index is 6.17. The Labute approximate surface area is 144 Å². The van der Waals surface area contributed by atoms with Crippen molar-refractivity contribution in [2.75, 3.05) is 5.43 Å². The van der Waals surface area contributed by atoms with Crippen molar-refractivity contribution in [3.63, 3.8) is 0 Å². The summed E-state index contributed by atoms with van der Waals surface area (Å²) in [6, 6.07) is 9.77. The summed E-state index contributed by atoms with van der Waals surface area (Å²) in [6.07, 6.45) is 0.783. The number of benzene rings is 1. The Bertz CT molecular complexity index is 880. The van der Waals surface area contributed by atoms with Crippen LogP contribution in [0.15, 0.2) is 34.7 Å². The largest absolute Gasteiger partial charge is 0.459 e. The van der Waals surface area contributed by atoms with Gasteiger partial charge in [0.2, 0.25) is 4.77 Å². The average molecular weight is 349 g/mol. The molecule has 5 nitrogen and oxygen atoms in total. The highest BCUT2D eigenvalue weighted by atomic mass is 35.5. The van der Waals surface area contributed by atoms with Crippen molar-refractivity contribution < 1.29 is 4.42 Å². The van der Waals surface area contributed by atoms with Crippen LogP contribution in [0.4, 0.5) is 0 Å². The van der Waals surface area contributed by atoms with Crippen LogP contribution in [-0.2, 0) is 13.0 Å². The number of rotatable bonds is 5. The lowest BCUT2D eigenvalue weighted by atomic mass is 10.1. The third kappa shape index (κ3) is 3.33. The molecule has 2 aromatic heterocycles. The molecule has 0 fully saturated rings. The summed E-state index contributed by atoms with van der Waals surface area (Å²) in [6.45, 7) is 4.51. The summed E-state index contributed by atoms with van der Waals surface area (Å²) in [5.41, 5.74) is 5.22. The zero-order valence-corrected chi connectivity index (χ0v) is 14.5. The minimum Gasteiger partial charge on any atom is -0.459 e. The van der Waals surface area contributed by atoms with Crippen molar-refractivity contribution >= 4 is 23.8 Å². The summed E-state index contributed by atoms with van der Waals surface area (Å²) in [7, 11) is 0. The first kappa shape index (κ1) is 15.8. The second-order valence-electron chi connectivity index (χ2n) is 5.20. The Hall–Kier alpha value is -2.05. The zero-order chi connectivity index (χ0) is 16.4. The molecular formula is C16H17ClN4OS. The molecule has 3 rings (SSSR count). The van der Waals surface area contributed by atoms with E-state index in [1.54, 1.807) is 4.68 Å². The van der Waals surface area contributed by atoms with Crippen molar-refractivity contribution in [3.8, 4) is 11.3 Å². The van der Waals surface area contributed by atoms with Crippen LogP contribution in [0.5, 0.6) is 0 Å². The van der Waals surface area contributed by atoms with Gasteiger partial charge in [-0.25, -0.2) is 4.68 Å². The molecule has 0 atom stereocenters. The van der Waals surface area contributed by atoms with Crippen LogP contribution in [0, 0.1) is 11.7 Å². The first-order valence-corrected chi connectivity index (χ1v) is 8.12. The number of hydrogen-bond acceptors (Lipinski definition) is 4. The number of nitrogens with one attached hydrogen (secondary N) is 2. The molecule has 2 heterocycles. The third-order valence-electron chi connectivity index (χ3n) is 3.59. The number of halogens is 1. The molecule has 3 aromatic rings. The van der Waals surface area contributed by atoms with Gasteiger partial charge in [0, 0.05) is 17.0 Å². The fourth-order valence-electron chi connectivity index (χ4n) is 2.26. The lowest BCUT2D eigenvalue weighted by Crippen LogP contribution is -2.16. The lowest BCUT2D eigenvalue weighted by molar-refractivity contribution is 0.521. The highest BCUT2D eigenvalue weighted by Gasteiger charge is 2.08. The predicted molar refractivity (Wildman–Crippen MR) is 93.7 cm³/mol. The Balaban J connectivity index is 1.76. The van der Waals surface area contributed by atoms with E-state index in [-0.39, 0.29) is 0 Å². The van der Waals surface area contributed by atoms with E-state index >= 15 is 0 Å². The molecule has 7 heteroatoms. The fourth-order valence-corrected chi connectivity index (χ4v) is 2.66. The molecule has 0 unspecified atom stereocenters. The van der Waals surface area contributed by atoms with Crippen molar-refractivity contribution in [1.82, 2.24) is 14.9 Å². The van der Waals surface area contributed by atoms with Crippen molar-refractivity contribution in [2.45, 2.75) is 26.8 Å². The molecule has 23 heavy (non-hydrogen) atoms.